The third-order valence-electron chi connectivity index (χ3n) is 7.46. The van der Waals surface area contributed by atoms with E-state index in [1.165, 1.54) is 30.1 Å². The van der Waals surface area contributed by atoms with Crippen LogP contribution in [0.3, 0.4) is 0 Å². The Hall–Kier alpha value is -4.25. The molecule has 4 aromatic rings. The van der Waals surface area contributed by atoms with Crippen LogP contribution in [0.25, 0.3) is 0 Å². The number of carboxylic acids is 1. The zero-order valence-corrected chi connectivity index (χ0v) is 24.5. The van der Waals surface area contributed by atoms with Crippen LogP contribution in [0.2, 0.25) is 10.0 Å². The number of halogens is 2. The van der Waals surface area contributed by atoms with Crippen molar-refractivity contribution >= 4 is 52.1 Å². The normalized spacial score (nSPS) is 14.7. The number of benzene rings is 2. The van der Waals surface area contributed by atoms with Crippen LogP contribution in [-0.2, 0) is 11.3 Å². The highest BCUT2D eigenvalue weighted by Gasteiger charge is 2.28. The van der Waals surface area contributed by atoms with E-state index in [4.69, 9.17) is 23.2 Å². The predicted molar refractivity (Wildman–Crippen MR) is 167 cm³/mol. The van der Waals surface area contributed by atoms with Gasteiger partial charge in [-0.1, -0.05) is 65.7 Å². The van der Waals surface area contributed by atoms with Gasteiger partial charge in [0.15, 0.2) is 0 Å². The molecule has 4 N–H and O–H groups in total. The summed E-state index contributed by atoms with van der Waals surface area (Å²) in [6, 6.07) is 15.6. The van der Waals surface area contributed by atoms with Crippen molar-refractivity contribution in [2.75, 3.05) is 29.0 Å². The molecular formula is C31H29Cl2N5O5. The van der Waals surface area contributed by atoms with Gasteiger partial charge in [-0.05, 0) is 36.1 Å². The number of anilines is 3. The average molecular weight is 623 g/mol. The highest BCUT2D eigenvalue weighted by atomic mass is 35.5. The predicted octanol–water partition coefficient (Wildman–Crippen LogP) is 4.94. The fraction of sp³-hybridized carbons (Fsp3) is 0.258. The average Bonchev–Trinajstić information content (AvgIpc) is 3.01. The maximum absolute atomic E-state index is 12.8. The molecule has 1 fully saturated rings. The number of piperidine rings is 1. The van der Waals surface area contributed by atoms with Crippen LogP contribution in [0.15, 0.2) is 76.6 Å². The molecule has 0 spiro atoms. The van der Waals surface area contributed by atoms with Gasteiger partial charge in [0, 0.05) is 43.6 Å². The molecule has 1 aliphatic heterocycles. The van der Waals surface area contributed by atoms with Crippen molar-refractivity contribution in [3.8, 4) is 0 Å². The zero-order chi connectivity index (χ0) is 30.5. The number of likely N-dealkylation sites (tertiary alicyclic amines) is 1. The highest BCUT2D eigenvalue weighted by molar-refractivity contribution is 6.39. The number of carbonyl (C=O) groups excluding carboxylic acids is 1. The van der Waals surface area contributed by atoms with Gasteiger partial charge in [0.05, 0.1) is 28.2 Å². The molecule has 0 bridgehead atoms. The lowest BCUT2D eigenvalue weighted by atomic mass is 9.99. The molecule has 1 aliphatic rings. The van der Waals surface area contributed by atoms with Crippen LogP contribution in [0.4, 0.5) is 17.1 Å². The van der Waals surface area contributed by atoms with Crippen LogP contribution < -0.4 is 26.8 Å². The number of rotatable bonds is 11. The maximum Gasteiger partial charge on any atom is 0.305 e. The quantitative estimate of drug-likeness (QED) is 0.171. The Morgan fingerprint density at radius 3 is 2.16 bits per heavy atom. The lowest BCUT2D eigenvalue weighted by Gasteiger charge is -2.33. The molecule has 1 unspecified atom stereocenters. The second-order valence-electron chi connectivity index (χ2n) is 10.4. The molecule has 222 valence electrons. The van der Waals surface area contributed by atoms with E-state index in [2.05, 4.69) is 38.0 Å². The van der Waals surface area contributed by atoms with Crippen LogP contribution in [-0.4, -0.2) is 46.0 Å². The van der Waals surface area contributed by atoms with Gasteiger partial charge >= 0.3 is 5.97 Å². The van der Waals surface area contributed by atoms with Crippen LogP contribution >= 0.6 is 23.2 Å². The van der Waals surface area contributed by atoms with Crippen molar-refractivity contribution < 1.29 is 14.7 Å². The molecule has 3 aromatic carbocycles. The minimum atomic E-state index is -1.10. The van der Waals surface area contributed by atoms with Gasteiger partial charge < -0.3 is 21.1 Å². The summed E-state index contributed by atoms with van der Waals surface area (Å²) in [5.41, 5.74) is 1.20. The maximum atomic E-state index is 12.8. The van der Waals surface area contributed by atoms with E-state index in [-0.39, 0.29) is 45.1 Å². The first-order valence-corrected chi connectivity index (χ1v) is 14.5. The van der Waals surface area contributed by atoms with Gasteiger partial charge in [0.2, 0.25) is 0 Å². The molecule has 1 amide bonds. The van der Waals surface area contributed by atoms with E-state index < -0.39 is 28.8 Å². The van der Waals surface area contributed by atoms with E-state index in [9.17, 15) is 24.3 Å². The molecule has 0 radical (unpaired) electrons. The number of hydrogen-bond donors (Lipinski definition) is 4. The molecular weight excluding hydrogens is 593 g/mol. The number of carboxylic acid groups (broad SMARTS) is 1. The molecule has 0 saturated carbocycles. The number of aromatic nitrogens is 1. The Kier molecular flexibility index (Phi) is 9.40. The summed E-state index contributed by atoms with van der Waals surface area (Å²) in [4.78, 5) is 55.7. The summed E-state index contributed by atoms with van der Waals surface area (Å²) in [6.45, 7) is 2.53. The van der Waals surface area contributed by atoms with E-state index in [0.29, 0.717) is 5.56 Å². The third-order valence-corrected chi connectivity index (χ3v) is 8.03. The number of pyridine rings is 1. The molecule has 0 aliphatic carbocycles. The first-order chi connectivity index (χ1) is 20.7. The van der Waals surface area contributed by atoms with E-state index >= 15 is 0 Å². The van der Waals surface area contributed by atoms with Crippen LogP contribution in [0.1, 0.15) is 46.8 Å². The zero-order valence-electron chi connectivity index (χ0n) is 23.0. The molecule has 1 saturated heterocycles. The molecule has 12 heteroatoms. The fourth-order valence-corrected chi connectivity index (χ4v) is 5.59. The molecule has 1 aromatic heterocycles. The van der Waals surface area contributed by atoms with E-state index in [1.54, 1.807) is 12.1 Å². The number of carbonyl (C=O) groups is 2. The smallest absolute Gasteiger partial charge is 0.305 e. The van der Waals surface area contributed by atoms with E-state index in [0.717, 1.165) is 32.5 Å². The molecule has 1 atom stereocenters. The Balaban J connectivity index is 1.24. The van der Waals surface area contributed by atoms with Crippen LogP contribution in [0, 0.1) is 0 Å². The number of nitrogens with one attached hydrogen (secondary N) is 3. The summed E-state index contributed by atoms with van der Waals surface area (Å²) in [6.07, 6.45) is 3.94. The Morgan fingerprint density at radius 1 is 0.907 bits per heavy atom. The molecule has 43 heavy (non-hydrogen) atoms. The second kappa shape index (κ2) is 13.4. The first-order valence-electron chi connectivity index (χ1n) is 13.7. The van der Waals surface area contributed by atoms with Crippen LogP contribution in [0.5, 0.6) is 0 Å². The second-order valence-corrected chi connectivity index (χ2v) is 11.3. The highest BCUT2D eigenvalue weighted by Crippen LogP contribution is 2.30. The number of amides is 1. The Morgan fingerprint density at radius 2 is 1.53 bits per heavy atom. The van der Waals surface area contributed by atoms with Gasteiger partial charge in [-0.25, -0.2) is 0 Å². The SMILES string of the molecule is O=C(O)CC(Nc1c(NC2CCN(Cc3ccccc3)CC2)c(=O)c1=O)c1ccc(C(=O)Nc2c(Cl)cncc2Cl)cc1. The summed E-state index contributed by atoms with van der Waals surface area (Å²) < 4.78 is 0. The monoisotopic (exact) mass is 621 g/mol. The summed E-state index contributed by atoms with van der Waals surface area (Å²) in [5.74, 6) is -1.58. The number of nitrogens with zero attached hydrogens (tertiary/aromatic N) is 2. The topological polar surface area (TPSA) is 141 Å². The standard InChI is InChI=1S/C31H29Cl2N5O5/c32-22-15-34-16-23(33)26(22)37-31(43)20-8-6-19(7-9-20)24(14-25(39)40)36-28-27(29(41)30(28)42)35-21-10-12-38(13-11-21)17-18-4-2-1-3-5-18/h1-9,15-16,21,24,35-36H,10-14,17H2,(H,39,40)(H,34,37,43). The van der Waals surface area contributed by atoms with Gasteiger partial charge in [-0.2, -0.15) is 0 Å². The van der Waals surface area contributed by atoms with Crippen molar-refractivity contribution in [1.82, 2.24) is 9.88 Å². The minimum Gasteiger partial charge on any atom is -0.481 e. The van der Waals surface area contributed by atoms with Crippen molar-refractivity contribution in [2.45, 2.75) is 37.9 Å². The third kappa shape index (κ3) is 7.22. The van der Waals surface area contributed by atoms with Crippen molar-refractivity contribution in [3.63, 3.8) is 0 Å². The fourth-order valence-electron chi connectivity index (χ4n) is 5.13. The summed E-state index contributed by atoms with van der Waals surface area (Å²) >= 11 is 12.2. The summed E-state index contributed by atoms with van der Waals surface area (Å²) in [5, 5.41) is 18.8. The minimum absolute atomic E-state index is 0.00833. The van der Waals surface area contributed by atoms with Gasteiger partial charge in [-0.3, -0.25) is 29.1 Å². The van der Waals surface area contributed by atoms with Crippen molar-refractivity contribution in [1.29, 1.82) is 0 Å². The molecule has 5 rings (SSSR count). The Bertz CT molecular complexity index is 1660. The summed E-state index contributed by atoms with van der Waals surface area (Å²) in [7, 11) is 0. The van der Waals surface area contributed by atoms with Gasteiger partial charge in [0.1, 0.15) is 11.4 Å². The number of aliphatic carboxylic acids is 1. The van der Waals surface area contributed by atoms with Gasteiger partial charge in [-0.15, -0.1) is 0 Å². The molecule has 10 nitrogen and oxygen atoms in total. The largest absolute Gasteiger partial charge is 0.481 e. The lowest BCUT2D eigenvalue weighted by molar-refractivity contribution is -0.137. The van der Waals surface area contributed by atoms with Crippen molar-refractivity contribution in [3.05, 3.63) is 114 Å². The lowest BCUT2D eigenvalue weighted by Crippen LogP contribution is -2.44. The number of hydrogen-bond acceptors (Lipinski definition) is 8. The van der Waals surface area contributed by atoms with E-state index in [1.807, 2.05) is 18.2 Å². The first kappa shape index (κ1) is 30.2. The Labute approximate surface area is 257 Å². The molecule has 2 heterocycles. The van der Waals surface area contributed by atoms with Crippen molar-refractivity contribution in [2.24, 2.45) is 0 Å². The van der Waals surface area contributed by atoms with Gasteiger partial charge in [0.25, 0.3) is 16.8 Å².